The molecule has 3 fully saturated rings. The summed E-state index contributed by atoms with van der Waals surface area (Å²) in [6, 6.07) is -4.42. The number of rotatable bonds is 29. The van der Waals surface area contributed by atoms with E-state index in [-0.39, 0.29) is 82.5 Å². The molecule has 0 aliphatic carbocycles. The lowest BCUT2D eigenvalue weighted by Gasteiger charge is -2.36. The molecule has 44 nitrogen and oxygen atoms in total. The second-order valence-corrected chi connectivity index (χ2v) is 38.2. The Bertz CT molecular complexity index is 5410. The van der Waals surface area contributed by atoms with E-state index in [4.69, 9.17) is 23.6 Å². The summed E-state index contributed by atoms with van der Waals surface area (Å²) in [6.45, 7) is 8.95. The van der Waals surface area contributed by atoms with Crippen molar-refractivity contribution in [3.63, 3.8) is 0 Å². The highest BCUT2D eigenvalue weighted by Crippen LogP contribution is 2.29. The summed E-state index contributed by atoms with van der Waals surface area (Å²) >= 11 is 0.737. The fourth-order valence-corrected chi connectivity index (χ4v) is 18.5. The number of carbonyl (C=O) groups excluding carboxylic acids is 17. The molecular formula is C97H137N21O23S. The molecule has 142 heavy (non-hydrogen) atoms. The van der Waals surface area contributed by atoms with Crippen LogP contribution in [0.15, 0.2) is 85.2 Å². The van der Waals surface area contributed by atoms with E-state index in [0.29, 0.717) is 64.2 Å². The largest absolute Gasteiger partial charge is 0.508 e. The van der Waals surface area contributed by atoms with Crippen LogP contribution >= 0.6 is 11.8 Å². The third kappa shape index (κ3) is 31.4. The van der Waals surface area contributed by atoms with Crippen LogP contribution in [0.5, 0.6) is 5.75 Å². The number of fused-ring (bicyclic) bond motifs is 4. The number of primary amides is 1. The van der Waals surface area contributed by atoms with Crippen molar-refractivity contribution < 1.29 is 112 Å². The number of aliphatic carboxylic acids is 2. The summed E-state index contributed by atoms with van der Waals surface area (Å²) < 4.78 is 1.43. The minimum absolute atomic E-state index is 0.0347. The fraction of sp³-hybridized carbons (Fsp3) is 0.557. The second-order valence-electron chi connectivity index (χ2n) is 37.2. The number of carbonyl (C=O) groups is 19. The fourth-order valence-electron chi connectivity index (χ4n) is 17.6. The zero-order chi connectivity index (χ0) is 105. The molecule has 0 unspecified atom stereocenters. The van der Waals surface area contributed by atoms with Gasteiger partial charge in [0.1, 0.15) is 103 Å². The number of thioether (sulfide) groups is 1. The van der Waals surface area contributed by atoms with Crippen molar-refractivity contribution in [3.8, 4) is 18.1 Å². The number of phenolic OH excluding ortho intramolecular Hbond substituents is 1. The Hall–Kier alpha value is -13.7. The number of nitrogens with two attached hydrogens (primary N) is 3. The van der Waals surface area contributed by atoms with E-state index >= 15 is 38.4 Å². The van der Waals surface area contributed by atoms with Gasteiger partial charge in [0.25, 0.3) is 0 Å². The number of amides is 17. The summed E-state index contributed by atoms with van der Waals surface area (Å²) in [6.07, 6.45) is 5.44. The molecular weight excluding hydrogens is 1860 g/mol. The average molecular weight is 2000 g/mol. The Morgan fingerprint density at radius 1 is 0.592 bits per heavy atom. The Morgan fingerprint density at radius 3 is 1.77 bits per heavy atom. The van der Waals surface area contributed by atoms with Crippen LogP contribution in [0.4, 0.5) is 0 Å². The zero-order valence-corrected chi connectivity index (χ0v) is 82.9. The lowest BCUT2D eigenvalue weighted by Crippen LogP contribution is -2.62. The standard InChI is InChI=1S/C97H137N21O23S/c1-13-16-27-75-88(131)105-66(38-53(4)5)85(128)111-73(91(134)112(9)49-80(122)102-65(23-15-3)97(140)141)51-142-52-81(123)103-69(40-56-31-33-59(119)34-32-56)92(135)113(10)55(8)83(126)107-71(44-79(100)121)94(137)117-37-22-30-76(117)89(132)110-72(45-99)87(130)108-68(39-54(6)7)95(138)118-48-60(120)43-78(118)90(133)106-67(41-57-46-101-63-26-20-18-24-61(57)63)86(129)104-64(35-36-98)84(127)109-70(93(136)115(12)77(28-17-14-2)96(139)114(75)11)42-58-47-116(50-82(124)125)74-29-21-19-25-62(58)74/h3,18-21,24-26,29,31-34,46-47,53-55,60,64-73,75-78,101,119-120H,13-14,16-17,22-23,27-28,30,35-45,48-52,98-99H2,1-2,4-12H3,(H2,100,121)(H,102,122)(H,103,123)(H,104,129)(H,105,131)(H,106,133)(H,107,126)(H,108,130)(H,109,127)(H,110,132)(H,111,128)(H,124,125)(H,140,141)/t55-,60+,64-,65-,66-,67-,68-,69-,70-,71-,72-,73-,75-,76-,77-,78-/m0/s1. The van der Waals surface area contributed by atoms with Gasteiger partial charge < -0.3 is 130 Å². The lowest BCUT2D eigenvalue weighted by atomic mass is 9.99. The van der Waals surface area contributed by atoms with Gasteiger partial charge in [-0.3, -0.25) is 86.3 Å². The SMILES string of the molecule is C#CC[C@H](NC(=O)CN(C)C(=O)[C@@H]1CSCC(=O)N[C@@H](Cc2ccc(O)cc2)C(=O)N(C)[C@@H](C)C(=O)N[C@@H](CC(N)=O)C(=O)N2CCC[C@H]2C(=O)N[C@@H](CN)C(=O)N[C@@H](CC(C)C)C(=O)N2C[C@H](O)C[C@H]2C(=O)N[C@@H](Cc2c[nH]c3ccccc23)C(=O)N[C@@H](CCN)C(=O)N[C@@H](Cc2cn(CC(=O)O)c3ccccc23)C(=O)N(C)[C@@H](CCCC)C(=O)N(C)[C@@H](CCCC)C(=O)N[C@@H](CC(C)C)C(=O)N1)C(=O)O. The number of aromatic hydroxyl groups is 1. The van der Waals surface area contributed by atoms with Crippen LogP contribution in [0, 0.1) is 24.2 Å². The molecule has 21 N–H and O–H groups in total. The van der Waals surface area contributed by atoms with E-state index in [0.717, 1.165) is 48.2 Å². The van der Waals surface area contributed by atoms with Crippen LogP contribution in [0.1, 0.15) is 155 Å². The Labute approximate surface area is 827 Å². The van der Waals surface area contributed by atoms with Gasteiger partial charge in [-0.2, -0.15) is 0 Å². The highest BCUT2D eigenvalue weighted by Gasteiger charge is 2.47. The van der Waals surface area contributed by atoms with E-state index in [1.807, 2.05) is 13.8 Å². The minimum Gasteiger partial charge on any atom is -0.508 e. The number of aliphatic hydroxyl groups is 1. The van der Waals surface area contributed by atoms with Gasteiger partial charge in [-0.1, -0.05) is 116 Å². The first-order valence-electron chi connectivity index (χ1n) is 47.7. The molecule has 16 atom stereocenters. The lowest BCUT2D eigenvalue weighted by molar-refractivity contribution is -0.149. The van der Waals surface area contributed by atoms with Crippen molar-refractivity contribution in [2.24, 2.45) is 29.0 Å². The minimum atomic E-state index is -1.80. The zero-order valence-electron chi connectivity index (χ0n) is 82.0. The number of para-hydroxylation sites is 2. The molecule has 17 amide bonds. The van der Waals surface area contributed by atoms with Crippen LogP contribution in [-0.2, 0) is 117 Å². The normalized spacial score (nSPS) is 24.3. The number of terminal acetylenes is 1. The van der Waals surface area contributed by atoms with Crippen molar-refractivity contribution in [1.82, 2.24) is 92.1 Å². The summed E-state index contributed by atoms with van der Waals surface area (Å²) in [5.41, 5.74) is 20.4. The van der Waals surface area contributed by atoms with Gasteiger partial charge in [-0.25, -0.2) is 4.79 Å². The average Bonchev–Trinajstić information content (AvgIpc) is 1.63. The molecule has 3 aromatic carbocycles. The maximum Gasteiger partial charge on any atom is 0.327 e. The molecule has 2 aromatic heterocycles. The number of nitrogens with one attached hydrogen (secondary N) is 11. The number of H-pyrrole nitrogens is 1. The summed E-state index contributed by atoms with van der Waals surface area (Å²) in [5, 5.41) is 69.2. The third-order valence-corrected chi connectivity index (χ3v) is 26.4. The van der Waals surface area contributed by atoms with E-state index in [1.165, 1.54) is 63.1 Å². The number of phenols is 1. The number of aromatic nitrogens is 2. The molecule has 3 aliphatic heterocycles. The van der Waals surface area contributed by atoms with E-state index in [1.54, 1.807) is 82.4 Å². The number of benzene rings is 3. The van der Waals surface area contributed by atoms with Crippen molar-refractivity contribution in [3.05, 3.63) is 102 Å². The van der Waals surface area contributed by atoms with E-state index in [2.05, 4.69) is 64.1 Å². The number of hydrogen-bond donors (Lipinski definition) is 18. The van der Waals surface area contributed by atoms with Crippen molar-refractivity contribution >= 4 is 146 Å². The highest BCUT2D eigenvalue weighted by molar-refractivity contribution is 8.00. The van der Waals surface area contributed by atoms with E-state index < -0.39 is 278 Å². The van der Waals surface area contributed by atoms with Crippen LogP contribution in [-0.4, -0.2) is 341 Å². The molecule has 3 aliphatic rings. The van der Waals surface area contributed by atoms with Gasteiger partial charge in [0.2, 0.25) is 100 Å². The molecule has 5 heterocycles. The molecule has 0 saturated carbocycles. The summed E-state index contributed by atoms with van der Waals surface area (Å²) in [4.78, 5) is 287. The number of unbranched alkanes of at least 4 members (excludes halogenated alkanes) is 2. The number of carboxylic acid groups (broad SMARTS) is 2. The topological polar surface area (TPSA) is 644 Å². The molecule has 0 spiro atoms. The Balaban J connectivity index is 1.23. The van der Waals surface area contributed by atoms with Crippen molar-refractivity contribution in [2.75, 3.05) is 72.4 Å². The highest BCUT2D eigenvalue weighted by atomic mass is 32.2. The predicted molar refractivity (Wildman–Crippen MR) is 523 cm³/mol. The second kappa shape index (κ2) is 53.8. The number of nitrogens with zero attached hydrogens (tertiary/aromatic N) is 7. The number of aliphatic hydroxyl groups excluding tert-OH is 1. The Morgan fingerprint density at radius 2 is 1.14 bits per heavy atom. The first-order valence-corrected chi connectivity index (χ1v) is 48.9. The molecule has 5 aromatic rings. The summed E-state index contributed by atoms with van der Waals surface area (Å²) in [5.74, 6) is -18.8. The van der Waals surface area contributed by atoms with Gasteiger partial charge in [0, 0.05) is 120 Å². The first-order chi connectivity index (χ1) is 67.3. The van der Waals surface area contributed by atoms with E-state index in [9.17, 15) is 73.2 Å². The van der Waals surface area contributed by atoms with Crippen molar-refractivity contribution in [2.45, 2.75) is 261 Å². The maximum atomic E-state index is 16.0. The molecule has 0 bridgehead atoms. The monoisotopic (exact) mass is 2000 g/mol. The number of aromatic amines is 1. The van der Waals surface area contributed by atoms with Gasteiger partial charge in [-0.05, 0) is 111 Å². The predicted octanol–water partition coefficient (Wildman–Crippen LogP) is -1.79. The quantitative estimate of drug-likeness (QED) is 0.0235. The molecule has 8 rings (SSSR count). The van der Waals surface area contributed by atoms with Gasteiger partial charge in [0.05, 0.1) is 24.8 Å². The van der Waals surface area contributed by atoms with Gasteiger partial charge >= 0.3 is 11.9 Å². The molecule has 774 valence electrons. The molecule has 3 saturated heterocycles. The van der Waals surface area contributed by atoms with Crippen LogP contribution < -0.4 is 70.4 Å². The number of carboxylic acids is 2. The van der Waals surface area contributed by atoms with Gasteiger partial charge in [-0.15, -0.1) is 24.1 Å². The van der Waals surface area contributed by atoms with Gasteiger partial charge in [0.15, 0.2) is 0 Å². The smallest absolute Gasteiger partial charge is 0.327 e. The number of likely N-dealkylation sites (N-methyl/N-ethyl adjacent to an activating group) is 4. The third-order valence-electron chi connectivity index (χ3n) is 25.3. The molecule has 0 radical (unpaired) electrons. The summed E-state index contributed by atoms with van der Waals surface area (Å²) in [7, 11) is 5.02. The molecule has 45 heteroatoms. The maximum absolute atomic E-state index is 16.0. The van der Waals surface area contributed by atoms with Crippen molar-refractivity contribution in [1.29, 1.82) is 0 Å². The Kier molecular flexibility index (Phi) is 43.0. The van der Waals surface area contributed by atoms with Crippen LogP contribution in [0.2, 0.25) is 0 Å². The first kappa shape index (κ1) is 114. The van der Waals surface area contributed by atoms with Crippen LogP contribution in [0.3, 0.4) is 0 Å². The van der Waals surface area contributed by atoms with Crippen LogP contribution in [0.25, 0.3) is 21.8 Å². The number of hydrogen-bond acceptors (Lipinski definition) is 24.